The highest BCUT2D eigenvalue weighted by molar-refractivity contribution is 6.05. The minimum Gasteiger partial charge on any atom is -0.322 e. The van der Waals surface area contributed by atoms with Gasteiger partial charge in [0.25, 0.3) is 5.91 Å². The summed E-state index contributed by atoms with van der Waals surface area (Å²) >= 11 is 0. The molecule has 0 saturated heterocycles. The highest BCUT2D eigenvalue weighted by Crippen LogP contribution is 2.30. The summed E-state index contributed by atoms with van der Waals surface area (Å²) in [7, 11) is 0. The van der Waals surface area contributed by atoms with Crippen LogP contribution in [0.2, 0.25) is 0 Å². The minimum absolute atomic E-state index is 0.244. The zero-order valence-electron chi connectivity index (χ0n) is 14.0. The van der Waals surface area contributed by atoms with Crippen molar-refractivity contribution in [3.8, 4) is 5.69 Å². The van der Waals surface area contributed by atoms with E-state index < -0.39 is 11.9 Å². The van der Waals surface area contributed by atoms with Crippen molar-refractivity contribution in [2.24, 2.45) is 0 Å². The molecule has 0 spiro atoms. The molecule has 3 aromatic rings. The van der Waals surface area contributed by atoms with Crippen LogP contribution in [0.1, 0.15) is 27.4 Å². The molecule has 0 bridgehead atoms. The lowest BCUT2D eigenvalue weighted by Crippen LogP contribution is -2.15. The van der Waals surface area contributed by atoms with E-state index in [2.05, 4.69) is 15.4 Å². The Morgan fingerprint density at radius 3 is 2.35 bits per heavy atom. The predicted octanol–water partition coefficient (Wildman–Crippen LogP) is 4.16. The van der Waals surface area contributed by atoms with Crippen LogP contribution in [0.15, 0.2) is 48.7 Å². The number of rotatable bonds is 3. The predicted molar refractivity (Wildman–Crippen MR) is 90.2 cm³/mol. The number of halogens is 3. The van der Waals surface area contributed by atoms with Crippen molar-refractivity contribution in [3.05, 3.63) is 71.3 Å². The maximum atomic E-state index is 12.9. The second kappa shape index (κ2) is 6.62. The number of carbonyl (C=O) groups is 1. The molecule has 0 fully saturated rings. The summed E-state index contributed by atoms with van der Waals surface area (Å²) in [5, 5.41) is 6.42. The summed E-state index contributed by atoms with van der Waals surface area (Å²) in [4.78, 5) is 16.6. The van der Waals surface area contributed by atoms with Gasteiger partial charge in [-0.1, -0.05) is 0 Å². The number of anilines is 1. The van der Waals surface area contributed by atoms with Crippen molar-refractivity contribution >= 4 is 11.6 Å². The summed E-state index contributed by atoms with van der Waals surface area (Å²) in [6.07, 6.45) is -3.41. The molecule has 8 heteroatoms. The fraction of sp³-hybridized carbons (Fsp3) is 0.167. The molecule has 1 N–H and O–H groups in total. The number of alkyl halides is 3. The van der Waals surface area contributed by atoms with Gasteiger partial charge in [0.15, 0.2) is 0 Å². The van der Waals surface area contributed by atoms with Gasteiger partial charge in [0.1, 0.15) is 5.69 Å². The van der Waals surface area contributed by atoms with Gasteiger partial charge in [-0.15, -0.1) is 0 Å². The van der Waals surface area contributed by atoms with Crippen LogP contribution in [0.4, 0.5) is 18.9 Å². The number of benzene rings is 1. The summed E-state index contributed by atoms with van der Waals surface area (Å²) in [5.41, 5.74) is 1.68. The van der Waals surface area contributed by atoms with Crippen molar-refractivity contribution in [3.63, 3.8) is 0 Å². The van der Waals surface area contributed by atoms with Crippen molar-refractivity contribution < 1.29 is 18.0 Å². The fourth-order valence-electron chi connectivity index (χ4n) is 2.53. The lowest BCUT2D eigenvalue weighted by atomic mass is 10.1. The van der Waals surface area contributed by atoms with Crippen molar-refractivity contribution in [2.45, 2.75) is 20.0 Å². The van der Waals surface area contributed by atoms with E-state index in [9.17, 15) is 18.0 Å². The van der Waals surface area contributed by atoms with E-state index >= 15 is 0 Å². The minimum atomic E-state index is -4.50. The molecule has 0 aliphatic rings. The Hall–Kier alpha value is -3.16. The third-order valence-corrected chi connectivity index (χ3v) is 3.77. The van der Waals surface area contributed by atoms with E-state index in [1.807, 2.05) is 6.92 Å². The van der Waals surface area contributed by atoms with Gasteiger partial charge in [-0.25, -0.2) is 4.68 Å². The third kappa shape index (κ3) is 3.58. The molecule has 0 radical (unpaired) electrons. The van der Waals surface area contributed by atoms with Crippen LogP contribution in [0.3, 0.4) is 0 Å². The van der Waals surface area contributed by atoms with Crippen LogP contribution in [0, 0.1) is 13.8 Å². The number of hydrogen-bond donors (Lipinski definition) is 1. The molecule has 2 heterocycles. The van der Waals surface area contributed by atoms with Gasteiger partial charge in [0, 0.05) is 11.4 Å². The SMILES string of the molecule is Cc1ccc(C(=O)Nc2ccc(-n3nccc3C(F)(F)F)cc2)c(C)n1. The normalized spacial score (nSPS) is 11.4. The largest absolute Gasteiger partial charge is 0.433 e. The van der Waals surface area contributed by atoms with E-state index in [-0.39, 0.29) is 11.6 Å². The lowest BCUT2D eigenvalue weighted by Gasteiger charge is -2.11. The first-order valence-corrected chi connectivity index (χ1v) is 7.73. The molecule has 0 aliphatic heterocycles. The Morgan fingerprint density at radius 1 is 1.04 bits per heavy atom. The molecule has 1 aromatic carbocycles. The van der Waals surface area contributed by atoms with Crippen molar-refractivity contribution in [2.75, 3.05) is 5.32 Å². The van der Waals surface area contributed by atoms with Gasteiger partial charge >= 0.3 is 6.18 Å². The number of hydrogen-bond acceptors (Lipinski definition) is 3. The Kier molecular flexibility index (Phi) is 4.50. The second-order valence-electron chi connectivity index (χ2n) is 5.71. The Balaban J connectivity index is 1.80. The van der Waals surface area contributed by atoms with Crippen molar-refractivity contribution in [1.82, 2.24) is 14.8 Å². The average molecular weight is 360 g/mol. The summed E-state index contributed by atoms with van der Waals surface area (Å²) in [6.45, 7) is 3.57. The van der Waals surface area contributed by atoms with Gasteiger partial charge in [0.05, 0.1) is 23.1 Å². The molecule has 134 valence electrons. The Morgan fingerprint density at radius 2 is 1.73 bits per heavy atom. The zero-order chi connectivity index (χ0) is 18.9. The van der Waals surface area contributed by atoms with Gasteiger partial charge in [0.2, 0.25) is 0 Å². The molecule has 1 amide bonds. The quantitative estimate of drug-likeness (QED) is 0.763. The van der Waals surface area contributed by atoms with Gasteiger partial charge < -0.3 is 5.32 Å². The molecule has 0 atom stereocenters. The molecular formula is C18H15F3N4O. The fourth-order valence-corrected chi connectivity index (χ4v) is 2.53. The zero-order valence-corrected chi connectivity index (χ0v) is 14.0. The number of carbonyl (C=O) groups excluding carboxylic acids is 1. The molecule has 0 aliphatic carbocycles. The third-order valence-electron chi connectivity index (χ3n) is 3.77. The van der Waals surface area contributed by atoms with E-state index in [1.165, 1.54) is 24.3 Å². The maximum Gasteiger partial charge on any atom is 0.433 e. The number of aromatic nitrogens is 3. The molecule has 26 heavy (non-hydrogen) atoms. The van der Waals surface area contributed by atoms with Crippen LogP contribution in [-0.4, -0.2) is 20.7 Å². The molecule has 3 rings (SSSR count). The van der Waals surface area contributed by atoms with Crippen LogP contribution in [0.25, 0.3) is 5.69 Å². The first kappa shape index (κ1) is 17.7. The average Bonchev–Trinajstić information content (AvgIpc) is 3.05. The van der Waals surface area contributed by atoms with Gasteiger partial charge in [-0.2, -0.15) is 18.3 Å². The van der Waals surface area contributed by atoms with Gasteiger partial charge in [-0.05, 0) is 56.3 Å². The Labute approximate surface area is 147 Å². The molecular weight excluding hydrogens is 345 g/mol. The number of amides is 1. The van der Waals surface area contributed by atoms with E-state index in [4.69, 9.17) is 0 Å². The molecule has 2 aromatic heterocycles. The number of pyridine rings is 1. The van der Waals surface area contributed by atoms with E-state index in [0.29, 0.717) is 16.9 Å². The van der Waals surface area contributed by atoms with Crippen LogP contribution < -0.4 is 5.32 Å². The topological polar surface area (TPSA) is 59.8 Å². The van der Waals surface area contributed by atoms with E-state index in [0.717, 1.165) is 22.6 Å². The van der Waals surface area contributed by atoms with Crippen LogP contribution in [0.5, 0.6) is 0 Å². The smallest absolute Gasteiger partial charge is 0.322 e. The van der Waals surface area contributed by atoms with Crippen LogP contribution in [-0.2, 0) is 6.18 Å². The van der Waals surface area contributed by atoms with Gasteiger partial charge in [-0.3, -0.25) is 9.78 Å². The molecule has 5 nitrogen and oxygen atoms in total. The highest BCUT2D eigenvalue weighted by Gasteiger charge is 2.35. The number of aryl methyl sites for hydroxylation is 2. The standard InChI is InChI=1S/C18H15F3N4O/c1-11-3-8-15(12(2)23-11)17(26)24-13-4-6-14(7-5-13)25-16(9-10-22-25)18(19,20)21/h3-10H,1-2H3,(H,24,26). The second-order valence-corrected chi connectivity index (χ2v) is 5.71. The Bertz CT molecular complexity index is 946. The summed E-state index contributed by atoms with van der Waals surface area (Å²) < 4.78 is 39.7. The maximum absolute atomic E-state index is 12.9. The molecule has 0 saturated carbocycles. The monoisotopic (exact) mass is 360 g/mol. The summed E-state index contributed by atoms with van der Waals surface area (Å²) in [6, 6.07) is 10.3. The number of nitrogens with zero attached hydrogens (tertiary/aromatic N) is 3. The lowest BCUT2D eigenvalue weighted by molar-refractivity contribution is -0.142. The highest BCUT2D eigenvalue weighted by atomic mass is 19.4. The molecule has 0 unspecified atom stereocenters. The van der Waals surface area contributed by atoms with Crippen molar-refractivity contribution in [1.29, 1.82) is 0 Å². The summed E-state index contributed by atoms with van der Waals surface area (Å²) in [5.74, 6) is -0.335. The first-order chi connectivity index (χ1) is 12.3. The number of nitrogens with one attached hydrogen (secondary N) is 1. The van der Waals surface area contributed by atoms with Crippen LogP contribution >= 0.6 is 0 Å². The first-order valence-electron chi connectivity index (χ1n) is 7.73. The van der Waals surface area contributed by atoms with E-state index in [1.54, 1.807) is 19.1 Å².